The molecule has 4 nitrogen and oxygen atoms in total. The summed E-state index contributed by atoms with van der Waals surface area (Å²) in [6.45, 7) is 2.17. The van der Waals surface area contributed by atoms with Crippen LogP contribution in [-0.4, -0.2) is 27.6 Å². The first-order valence-corrected chi connectivity index (χ1v) is 11.0. The van der Waals surface area contributed by atoms with E-state index in [1.165, 1.54) is 19.3 Å². The van der Waals surface area contributed by atoms with Gasteiger partial charge in [-0.05, 0) is 67.1 Å². The molecule has 0 spiro atoms. The Morgan fingerprint density at radius 3 is 2.39 bits per heavy atom. The smallest absolute Gasteiger partial charge is 0.206 e. The molecule has 154 valence electrons. The molecule has 5 rings (SSSR count). The van der Waals surface area contributed by atoms with Crippen LogP contribution in [0.4, 0.5) is 5.95 Å². The highest BCUT2D eigenvalue weighted by Gasteiger charge is 2.17. The van der Waals surface area contributed by atoms with Crippen molar-refractivity contribution in [1.82, 2.24) is 14.5 Å². The van der Waals surface area contributed by atoms with Crippen LogP contribution in [0, 0.1) is 11.8 Å². The van der Waals surface area contributed by atoms with E-state index in [-0.39, 0.29) is 0 Å². The van der Waals surface area contributed by atoms with Crippen LogP contribution in [0.25, 0.3) is 22.2 Å². The van der Waals surface area contributed by atoms with Gasteiger partial charge < -0.3 is 9.47 Å². The molecule has 2 aromatic carbocycles. The summed E-state index contributed by atoms with van der Waals surface area (Å²) in [6.07, 6.45) is 5.64. The van der Waals surface area contributed by atoms with Gasteiger partial charge in [-0.1, -0.05) is 35.7 Å². The fourth-order valence-electron chi connectivity index (χ4n) is 4.06. The first-order chi connectivity index (χ1) is 15.2. The normalized spacial score (nSPS) is 13.8. The number of nitrogens with zero attached hydrogens (tertiary/aromatic N) is 4. The fourth-order valence-corrected chi connectivity index (χ4v) is 4.18. The molecular weight excluding hydrogens is 404 g/mol. The second kappa shape index (κ2) is 8.45. The van der Waals surface area contributed by atoms with E-state index in [2.05, 4.69) is 51.5 Å². The van der Waals surface area contributed by atoms with Crippen molar-refractivity contribution in [2.75, 3.05) is 18.0 Å². The summed E-state index contributed by atoms with van der Waals surface area (Å²) in [6, 6.07) is 18.0. The average molecular weight is 427 g/mol. The van der Waals surface area contributed by atoms with E-state index in [9.17, 15) is 0 Å². The average Bonchev–Trinajstić information content (AvgIpc) is 3.15. The van der Waals surface area contributed by atoms with Gasteiger partial charge in [0, 0.05) is 42.5 Å². The summed E-state index contributed by atoms with van der Waals surface area (Å²) in [4.78, 5) is 11.8. The van der Waals surface area contributed by atoms with Gasteiger partial charge >= 0.3 is 0 Å². The van der Waals surface area contributed by atoms with Gasteiger partial charge in [0.25, 0.3) is 0 Å². The van der Waals surface area contributed by atoms with Crippen LogP contribution in [0.2, 0.25) is 5.02 Å². The number of rotatable bonds is 2. The molecular formula is C26H23ClN4. The number of halogens is 1. The molecule has 0 amide bonds. The molecule has 1 fully saturated rings. The van der Waals surface area contributed by atoms with Crippen LogP contribution < -0.4 is 4.90 Å². The minimum atomic E-state index is 0.729. The van der Waals surface area contributed by atoms with E-state index >= 15 is 0 Å². The first kappa shape index (κ1) is 19.7. The van der Waals surface area contributed by atoms with Crippen molar-refractivity contribution in [3.05, 3.63) is 77.1 Å². The lowest BCUT2D eigenvalue weighted by atomic mass is 10.1. The van der Waals surface area contributed by atoms with E-state index in [4.69, 9.17) is 16.6 Å². The number of aromatic nitrogens is 3. The van der Waals surface area contributed by atoms with Crippen LogP contribution >= 0.6 is 11.6 Å². The van der Waals surface area contributed by atoms with Crippen molar-refractivity contribution in [2.24, 2.45) is 7.05 Å². The molecule has 5 heteroatoms. The van der Waals surface area contributed by atoms with E-state index in [1.54, 1.807) is 0 Å². The Morgan fingerprint density at radius 2 is 1.65 bits per heavy atom. The molecule has 2 aromatic heterocycles. The number of hydrogen-bond acceptors (Lipinski definition) is 3. The fraction of sp³-hybridized carbons (Fsp3) is 0.231. The standard InChI is InChI=1S/C26H23ClN4/c1-30-25-14-6-19(17-24(25)29-26(30)31-15-3-2-4-16-31)5-12-23-13-9-21(18-28-23)20-7-10-22(27)11-8-20/h6-11,13-14,17-18H,2-4,15-16H2,1H3. The molecule has 0 radical (unpaired) electrons. The summed E-state index contributed by atoms with van der Waals surface area (Å²) in [5.41, 5.74) is 5.94. The number of benzene rings is 2. The summed E-state index contributed by atoms with van der Waals surface area (Å²) < 4.78 is 2.19. The van der Waals surface area contributed by atoms with Gasteiger partial charge in [-0.25, -0.2) is 9.97 Å². The van der Waals surface area contributed by atoms with Crippen molar-refractivity contribution < 1.29 is 0 Å². The molecule has 0 bridgehead atoms. The number of pyridine rings is 1. The minimum absolute atomic E-state index is 0.729. The molecule has 1 aliphatic rings. The highest BCUT2D eigenvalue weighted by Crippen LogP contribution is 2.25. The maximum absolute atomic E-state index is 5.97. The van der Waals surface area contributed by atoms with Gasteiger partial charge in [0.05, 0.1) is 11.0 Å². The lowest BCUT2D eigenvalue weighted by molar-refractivity contribution is 0.563. The number of aryl methyl sites for hydroxylation is 1. The molecule has 1 aliphatic heterocycles. The number of hydrogen-bond donors (Lipinski definition) is 0. The topological polar surface area (TPSA) is 34.0 Å². The van der Waals surface area contributed by atoms with Gasteiger partial charge in [-0.2, -0.15) is 0 Å². The van der Waals surface area contributed by atoms with E-state index in [0.29, 0.717) is 0 Å². The number of imidazole rings is 1. The Morgan fingerprint density at radius 1 is 0.871 bits per heavy atom. The third-order valence-electron chi connectivity index (χ3n) is 5.77. The lowest BCUT2D eigenvalue weighted by Crippen LogP contribution is -2.31. The summed E-state index contributed by atoms with van der Waals surface area (Å²) in [5.74, 6) is 7.46. The van der Waals surface area contributed by atoms with E-state index < -0.39 is 0 Å². The molecule has 31 heavy (non-hydrogen) atoms. The third kappa shape index (κ3) is 4.15. The monoisotopic (exact) mass is 426 g/mol. The zero-order valence-electron chi connectivity index (χ0n) is 17.5. The second-order valence-electron chi connectivity index (χ2n) is 7.91. The van der Waals surface area contributed by atoms with Crippen molar-refractivity contribution in [2.45, 2.75) is 19.3 Å². The predicted octanol–water partition coefficient (Wildman–Crippen LogP) is 5.68. The van der Waals surface area contributed by atoms with Crippen molar-refractivity contribution >= 4 is 28.6 Å². The second-order valence-corrected chi connectivity index (χ2v) is 8.35. The molecule has 0 saturated carbocycles. The van der Waals surface area contributed by atoms with Crippen LogP contribution in [0.3, 0.4) is 0 Å². The Labute approximate surface area is 187 Å². The number of piperidine rings is 1. The molecule has 0 aliphatic carbocycles. The van der Waals surface area contributed by atoms with E-state index in [1.807, 2.05) is 42.6 Å². The highest BCUT2D eigenvalue weighted by atomic mass is 35.5. The molecule has 4 aromatic rings. The summed E-state index contributed by atoms with van der Waals surface area (Å²) in [5, 5.41) is 0.729. The summed E-state index contributed by atoms with van der Waals surface area (Å²) >= 11 is 5.97. The number of fused-ring (bicyclic) bond motifs is 1. The van der Waals surface area contributed by atoms with Crippen molar-refractivity contribution in [1.29, 1.82) is 0 Å². The predicted molar refractivity (Wildman–Crippen MR) is 127 cm³/mol. The molecule has 1 saturated heterocycles. The van der Waals surface area contributed by atoms with Gasteiger partial charge in [0.1, 0.15) is 5.69 Å². The Kier molecular flexibility index (Phi) is 5.36. The molecule has 3 heterocycles. The third-order valence-corrected chi connectivity index (χ3v) is 6.02. The van der Waals surface area contributed by atoms with Crippen LogP contribution in [0.15, 0.2) is 60.8 Å². The van der Waals surface area contributed by atoms with E-state index in [0.717, 1.165) is 57.5 Å². The lowest BCUT2D eigenvalue weighted by Gasteiger charge is -2.27. The summed E-state index contributed by atoms with van der Waals surface area (Å²) in [7, 11) is 2.09. The first-order valence-electron chi connectivity index (χ1n) is 10.6. The molecule has 0 N–H and O–H groups in total. The van der Waals surface area contributed by atoms with Crippen molar-refractivity contribution in [3.63, 3.8) is 0 Å². The van der Waals surface area contributed by atoms with Crippen LogP contribution in [-0.2, 0) is 7.05 Å². The zero-order chi connectivity index (χ0) is 21.2. The zero-order valence-corrected chi connectivity index (χ0v) is 18.2. The van der Waals surface area contributed by atoms with Crippen LogP contribution in [0.5, 0.6) is 0 Å². The van der Waals surface area contributed by atoms with Crippen LogP contribution in [0.1, 0.15) is 30.5 Å². The minimum Gasteiger partial charge on any atom is -0.342 e. The maximum atomic E-state index is 5.97. The van der Waals surface area contributed by atoms with Gasteiger partial charge in [-0.3, -0.25) is 0 Å². The SMILES string of the molecule is Cn1c(N2CCCCC2)nc2cc(C#Cc3ccc(-c4ccc(Cl)cc4)cn3)ccc21. The molecule has 0 unspecified atom stereocenters. The van der Waals surface area contributed by atoms with Crippen molar-refractivity contribution in [3.8, 4) is 23.0 Å². The number of anilines is 1. The van der Waals surface area contributed by atoms with Gasteiger partial charge in [0.15, 0.2) is 0 Å². The van der Waals surface area contributed by atoms with Gasteiger partial charge in [0.2, 0.25) is 5.95 Å². The molecule has 0 atom stereocenters. The van der Waals surface area contributed by atoms with Gasteiger partial charge in [-0.15, -0.1) is 0 Å². The quantitative estimate of drug-likeness (QED) is 0.387. The Bertz CT molecular complexity index is 1270. The maximum Gasteiger partial charge on any atom is 0.206 e. The largest absolute Gasteiger partial charge is 0.342 e. The Hall–Kier alpha value is -3.29. The highest BCUT2D eigenvalue weighted by molar-refractivity contribution is 6.30. The Balaban J connectivity index is 1.37.